The summed E-state index contributed by atoms with van der Waals surface area (Å²) in [6, 6.07) is 0.962. The number of rotatable bonds is 1. The number of nitrogens with one attached hydrogen (secondary N) is 1. The van der Waals surface area contributed by atoms with E-state index in [2.05, 4.69) is 5.32 Å². The van der Waals surface area contributed by atoms with E-state index < -0.39 is 42.5 Å². The molecule has 1 N–H and O–H groups in total. The molecule has 1 aromatic rings. The highest BCUT2D eigenvalue weighted by atomic mass is 19.4. The van der Waals surface area contributed by atoms with Crippen molar-refractivity contribution in [3.05, 3.63) is 35.1 Å². The van der Waals surface area contributed by atoms with Crippen LogP contribution in [-0.2, 0) is 6.18 Å². The van der Waals surface area contributed by atoms with Gasteiger partial charge in [0.05, 0.1) is 12.1 Å². The summed E-state index contributed by atoms with van der Waals surface area (Å²) < 4.78 is 76.2. The molecule has 2 rings (SSSR count). The molecule has 0 aliphatic carbocycles. The molecule has 1 saturated heterocycles. The quantitative estimate of drug-likeness (QED) is 0.769. The van der Waals surface area contributed by atoms with Gasteiger partial charge in [0.25, 0.3) is 5.92 Å². The summed E-state index contributed by atoms with van der Waals surface area (Å²) in [6.45, 7) is -0.599. The van der Waals surface area contributed by atoms with Crippen molar-refractivity contribution in [3.63, 3.8) is 0 Å². The number of benzene rings is 1. The lowest BCUT2D eigenvalue weighted by molar-refractivity contribution is -0.137. The molecule has 0 saturated carbocycles. The molecule has 0 spiro atoms. The third-order valence-corrected chi connectivity index (χ3v) is 2.81. The number of hydrogen-bond donors (Lipinski definition) is 1. The van der Waals surface area contributed by atoms with Crippen LogP contribution >= 0.6 is 0 Å². The average molecular weight is 269 g/mol. The van der Waals surface area contributed by atoms with Gasteiger partial charge >= 0.3 is 6.18 Å². The maximum absolute atomic E-state index is 13.5. The van der Waals surface area contributed by atoms with E-state index in [1.54, 1.807) is 0 Å². The van der Waals surface area contributed by atoms with Crippen LogP contribution in [0, 0.1) is 5.82 Å². The topological polar surface area (TPSA) is 12.0 Å². The van der Waals surface area contributed by atoms with Crippen molar-refractivity contribution in [2.24, 2.45) is 0 Å². The SMILES string of the molecule is Fc1cc(C(F)(F)F)ccc1C1CC(F)(F)CN1. The van der Waals surface area contributed by atoms with Crippen LogP contribution < -0.4 is 5.32 Å². The highest BCUT2D eigenvalue weighted by Crippen LogP contribution is 2.37. The van der Waals surface area contributed by atoms with Crippen LogP contribution in [0.5, 0.6) is 0 Å². The van der Waals surface area contributed by atoms with Crippen molar-refractivity contribution in [2.75, 3.05) is 6.54 Å². The standard InChI is InChI=1S/C11H9F6N/c12-8-3-6(11(15,16)17)1-2-7(8)9-4-10(13,14)5-18-9/h1-3,9,18H,4-5H2. The van der Waals surface area contributed by atoms with E-state index in [-0.39, 0.29) is 5.56 Å². The molecule has 18 heavy (non-hydrogen) atoms. The van der Waals surface area contributed by atoms with Gasteiger partial charge in [0.15, 0.2) is 0 Å². The lowest BCUT2D eigenvalue weighted by Crippen LogP contribution is -2.19. The molecule has 1 aliphatic heterocycles. The summed E-state index contributed by atoms with van der Waals surface area (Å²) in [5.41, 5.74) is -1.30. The Morgan fingerprint density at radius 2 is 1.89 bits per heavy atom. The lowest BCUT2D eigenvalue weighted by Gasteiger charge is -2.14. The summed E-state index contributed by atoms with van der Waals surface area (Å²) in [5.74, 6) is -4.08. The Hall–Kier alpha value is -1.24. The number of halogens is 6. The first kappa shape index (κ1) is 13.2. The molecule has 1 atom stereocenters. The summed E-state index contributed by atoms with van der Waals surface area (Å²) in [5, 5.41) is 2.39. The van der Waals surface area contributed by atoms with Crippen LogP contribution in [0.4, 0.5) is 26.3 Å². The predicted molar refractivity (Wildman–Crippen MR) is 51.7 cm³/mol. The third kappa shape index (κ3) is 2.60. The first-order chi connectivity index (χ1) is 8.19. The molecule has 1 nitrogen and oxygen atoms in total. The predicted octanol–water partition coefficient (Wildman–Crippen LogP) is 3.51. The van der Waals surface area contributed by atoms with Gasteiger partial charge in [-0.1, -0.05) is 6.07 Å². The molecule has 1 aliphatic rings. The average Bonchev–Trinajstić information content (AvgIpc) is 2.57. The van der Waals surface area contributed by atoms with Crippen molar-refractivity contribution < 1.29 is 26.3 Å². The van der Waals surface area contributed by atoms with Crippen LogP contribution in [0.15, 0.2) is 18.2 Å². The van der Waals surface area contributed by atoms with Gasteiger partial charge in [-0.15, -0.1) is 0 Å². The molecule has 1 heterocycles. The summed E-state index contributed by atoms with van der Waals surface area (Å²) >= 11 is 0. The molecule has 0 radical (unpaired) electrons. The molecule has 0 bridgehead atoms. The van der Waals surface area contributed by atoms with Gasteiger partial charge in [0.2, 0.25) is 0 Å². The largest absolute Gasteiger partial charge is 0.416 e. The number of hydrogen-bond acceptors (Lipinski definition) is 1. The zero-order valence-corrected chi connectivity index (χ0v) is 8.99. The second kappa shape index (κ2) is 4.15. The van der Waals surface area contributed by atoms with Crippen LogP contribution in [0.25, 0.3) is 0 Å². The van der Waals surface area contributed by atoms with E-state index in [1.165, 1.54) is 0 Å². The third-order valence-electron chi connectivity index (χ3n) is 2.81. The molecule has 1 fully saturated rings. The molecular formula is C11H9F6N. The second-order valence-corrected chi connectivity index (χ2v) is 4.23. The summed E-state index contributed by atoms with van der Waals surface area (Å²) in [4.78, 5) is 0. The fourth-order valence-electron chi connectivity index (χ4n) is 1.92. The van der Waals surface area contributed by atoms with Crippen LogP contribution in [0.1, 0.15) is 23.6 Å². The molecule has 7 heteroatoms. The van der Waals surface area contributed by atoms with Gasteiger partial charge < -0.3 is 5.32 Å². The van der Waals surface area contributed by atoms with Crippen molar-refractivity contribution >= 4 is 0 Å². The second-order valence-electron chi connectivity index (χ2n) is 4.23. The molecule has 0 amide bonds. The Morgan fingerprint density at radius 3 is 2.33 bits per heavy atom. The first-order valence-electron chi connectivity index (χ1n) is 5.17. The highest BCUT2D eigenvalue weighted by Gasteiger charge is 2.41. The van der Waals surface area contributed by atoms with Crippen molar-refractivity contribution in [1.82, 2.24) is 5.32 Å². The molecule has 0 aromatic heterocycles. The van der Waals surface area contributed by atoms with Crippen molar-refractivity contribution in [3.8, 4) is 0 Å². The summed E-state index contributed by atoms with van der Waals surface area (Å²) in [6.07, 6.45) is -5.26. The molecule has 1 aromatic carbocycles. The monoisotopic (exact) mass is 269 g/mol. The molecular weight excluding hydrogens is 260 g/mol. The van der Waals surface area contributed by atoms with Gasteiger partial charge in [-0.3, -0.25) is 0 Å². The highest BCUT2D eigenvalue weighted by molar-refractivity contribution is 5.29. The van der Waals surface area contributed by atoms with E-state index in [0.717, 1.165) is 6.07 Å². The zero-order chi connectivity index (χ0) is 13.6. The lowest BCUT2D eigenvalue weighted by atomic mass is 10.0. The van der Waals surface area contributed by atoms with E-state index in [0.29, 0.717) is 12.1 Å². The van der Waals surface area contributed by atoms with E-state index in [4.69, 9.17) is 0 Å². The number of alkyl halides is 5. The van der Waals surface area contributed by atoms with Gasteiger partial charge in [0, 0.05) is 18.0 Å². The molecule has 1 unspecified atom stereocenters. The van der Waals surface area contributed by atoms with Crippen LogP contribution in [-0.4, -0.2) is 12.5 Å². The van der Waals surface area contributed by atoms with Gasteiger partial charge in [-0.25, -0.2) is 13.2 Å². The Morgan fingerprint density at radius 1 is 1.22 bits per heavy atom. The minimum Gasteiger partial charge on any atom is -0.304 e. The minimum absolute atomic E-state index is 0.167. The normalized spacial score (nSPS) is 23.3. The smallest absolute Gasteiger partial charge is 0.304 e. The van der Waals surface area contributed by atoms with E-state index in [1.807, 2.05) is 0 Å². The summed E-state index contributed by atoms with van der Waals surface area (Å²) in [7, 11) is 0. The van der Waals surface area contributed by atoms with Gasteiger partial charge in [-0.05, 0) is 12.1 Å². The van der Waals surface area contributed by atoms with Crippen molar-refractivity contribution in [1.29, 1.82) is 0 Å². The Bertz CT molecular complexity index is 453. The van der Waals surface area contributed by atoms with Gasteiger partial charge in [0.1, 0.15) is 5.82 Å². The maximum atomic E-state index is 13.5. The van der Waals surface area contributed by atoms with Gasteiger partial charge in [-0.2, -0.15) is 13.2 Å². The fourth-order valence-corrected chi connectivity index (χ4v) is 1.92. The zero-order valence-electron chi connectivity index (χ0n) is 8.99. The molecule has 100 valence electrons. The van der Waals surface area contributed by atoms with Crippen molar-refractivity contribution in [2.45, 2.75) is 24.6 Å². The minimum atomic E-state index is -4.65. The van der Waals surface area contributed by atoms with E-state index in [9.17, 15) is 26.3 Å². The van der Waals surface area contributed by atoms with Crippen LogP contribution in [0.3, 0.4) is 0 Å². The van der Waals surface area contributed by atoms with E-state index >= 15 is 0 Å². The Labute approximate surface area is 98.8 Å². The van der Waals surface area contributed by atoms with Crippen LogP contribution in [0.2, 0.25) is 0 Å². The Balaban J connectivity index is 2.26. The maximum Gasteiger partial charge on any atom is 0.416 e. The Kier molecular flexibility index (Phi) is 3.04. The first-order valence-corrected chi connectivity index (χ1v) is 5.17. The fraction of sp³-hybridized carbons (Fsp3) is 0.455.